The first-order chi connectivity index (χ1) is 10.7. The van der Waals surface area contributed by atoms with Crippen LogP contribution in [0, 0.1) is 6.92 Å². The Morgan fingerprint density at radius 3 is 3.14 bits per heavy atom. The van der Waals surface area contributed by atoms with Gasteiger partial charge in [-0.2, -0.15) is 4.98 Å². The Morgan fingerprint density at radius 1 is 1.50 bits per heavy atom. The van der Waals surface area contributed by atoms with Gasteiger partial charge in [0.05, 0.1) is 12.3 Å². The molecule has 2 N–H and O–H groups in total. The Morgan fingerprint density at radius 2 is 2.41 bits per heavy atom. The van der Waals surface area contributed by atoms with Gasteiger partial charge >= 0.3 is 0 Å². The number of hydrogen-bond acceptors (Lipinski definition) is 8. The number of aryl methyl sites for hydroxylation is 1. The van der Waals surface area contributed by atoms with E-state index in [1.165, 1.54) is 11.8 Å². The van der Waals surface area contributed by atoms with Crippen LogP contribution in [0.15, 0.2) is 9.68 Å². The molecule has 1 aliphatic heterocycles. The van der Waals surface area contributed by atoms with E-state index in [2.05, 4.69) is 30.6 Å². The van der Waals surface area contributed by atoms with E-state index in [-0.39, 0.29) is 24.3 Å². The van der Waals surface area contributed by atoms with Crippen LogP contribution in [0.25, 0.3) is 0 Å². The summed E-state index contributed by atoms with van der Waals surface area (Å²) in [5.74, 6) is 1.73. The topological polar surface area (TPSA) is 119 Å². The minimum absolute atomic E-state index is 0.110. The Bertz CT molecular complexity index is 636. The maximum Gasteiger partial charge on any atom is 0.255 e. The first-order valence-electron chi connectivity index (χ1n) is 6.93. The summed E-state index contributed by atoms with van der Waals surface area (Å²) in [5, 5.41) is 13.8. The third kappa shape index (κ3) is 3.83. The largest absolute Gasteiger partial charge is 0.368 e. The minimum Gasteiger partial charge on any atom is -0.368 e. The number of carbonyl (C=O) groups excluding carboxylic acids is 1. The highest BCUT2D eigenvalue weighted by Gasteiger charge is 2.23. The molecule has 118 valence electrons. The number of aromatic amines is 1. The average molecular weight is 324 g/mol. The summed E-state index contributed by atoms with van der Waals surface area (Å²) in [5.41, 5.74) is 0. The molecule has 0 bridgehead atoms. The molecule has 22 heavy (non-hydrogen) atoms. The van der Waals surface area contributed by atoms with Gasteiger partial charge in [0.25, 0.3) is 5.89 Å². The van der Waals surface area contributed by atoms with Crippen LogP contribution in [0.3, 0.4) is 0 Å². The third-order valence-electron chi connectivity index (χ3n) is 3.04. The average Bonchev–Trinajstić information content (AvgIpc) is 3.23. The quantitative estimate of drug-likeness (QED) is 0.747. The Labute approximate surface area is 130 Å². The van der Waals surface area contributed by atoms with Crippen molar-refractivity contribution in [3.63, 3.8) is 0 Å². The normalized spacial score (nSPS) is 17.8. The molecule has 0 unspecified atom stereocenters. The fourth-order valence-electron chi connectivity index (χ4n) is 1.99. The zero-order valence-electron chi connectivity index (χ0n) is 12.0. The van der Waals surface area contributed by atoms with Gasteiger partial charge in [0.15, 0.2) is 5.82 Å². The molecular formula is C12H16N6O3S. The van der Waals surface area contributed by atoms with Crippen LogP contribution in [0.5, 0.6) is 0 Å². The van der Waals surface area contributed by atoms with Crippen molar-refractivity contribution in [2.45, 2.75) is 37.6 Å². The minimum atomic E-state index is -0.143. The Balaban J connectivity index is 1.42. The summed E-state index contributed by atoms with van der Waals surface area (Å²) in [6.45, 7) is 2.75. The first-order valence-corrected chi connectivity index (χ1v) is 7.92. The van der Waals surface area contributed by atoms with Crippen molar-refractivity contribution in [1.29, 1.82) is 0 Å². The third-order valence-corrected chi connectivity index (χ3v) is 3.89. The molecule has 10 heteroatoms. The molecule has 0 radical (unpaired) electrons. The van der Waals surface area contributed by atoms with Gasteiger partial charge in [-0.15, -0.1) is 5.10 Å². The standard InChI is InChI=1S/C12H16N6O3S/c1-7-14-12(17-16-7)22-6-10(19)13-5-9-15-11(21-18-9)8-3-2-4-20-8/h8H,2-6H2,1H3,(H,13,19)(H,14,16,17)/t8-/m0/s1. The molecular weight excluding hydrogens is 308 g/mol. The maximum atomic E-state index is 11.8. The fraction of sp³-hybridized carbons (Fsp3) is 0.583. The smallest absolute Gasteiger partial charge is 0.255 e. The van der Waals surface area contributed by atoms with Crippen LogP contribution in [-0.2, 0) is 16.1 Å². The lowest BCUT2D eigenvalue weighted by molar-refractivity contribution is -0.118. The summed E-state index contributed by atoms with van der Waals surface area (Å²) in [6, 6.07) is 0. The molecule has 1 aliphatic rings. The molecule has 2 aromatic rings. The summed E-state index contributed by atoms with van der Waals surface area (Å²) in [6.07, 6.45) is 1.78. The van der Waals surface area contributed by atoms with Gasteiger partial charge in [-0.3, -0.25) is 9.89 Å². The molecule has 0 aromatic carbocycles. The van der Waals surface area contributed by atoms with Crippen LogP contribution in [0.2, 0.25) is 0 Å². The summed E-state index contributed by atoms with van der Waals surface area (Å²) in [7, 11) is 0. The van der Waals surface area contributed by atoms with Gasteiger partial charge in [-0.05, 0) is 19.8 Å². The molecule has 9 nitrogen and oxygen atoms in total. The Hall–Kier alpha value is -1.94. The van der Waals surface area contributed by atoms with Gasteiger partial charge in [-0.1, -0.05) is 16.9 Å². The maximum absolute atomic E-state index is 11.8. The number of ether oxygens (including phenoxy) is 1. The van der Waals surface area contributed by atoms with Crippen LogP contribution >= 0.6 is 11.8 Å². The zero-order chi connectivity index (χ0) is 15.4. The van der Waals surface area contributed by atoms with Gasteiger partial charge in [0, 0.05) is 6.61 Å². The first kappa shape index (κ1) is 15.0. The van der Waals surface area contributed by atoms with E-state index in [0.717, 1.165) is 25.3 Å². The highest BCUT2D eigenvalue weighted by Crippen LogP contribution is 2.26. The fourth-order valence-corrected chi connectivity index (χ4v) is 2.66. The van der Waals surface area contributed by atoms with E-state index < -0.39 is 0 Å². The summed E-state index contributed by atoms with van der Waals surface area (Å²) < 4.78 is 10.6. The number of H-pyrrole nitrogens is 1. The van der Waals surface area contributed by atoms with Crippen molar-refractivity contribution in [3.8, 4) is 0 Å². The van der Waals surface area contributed by atoms with Gasteiger partial charge in [0.1, 0.15) is 11.9 Å². The number of nitrogens with one attached hydrogen (secondary N) is 2. The second kappa shape index (κ2) is 6.88. The summed E-state index contributed by atoms with van der Waals surface area (Å²) >= 11 is 1.26. The lowest BCUT2D eigenvalue weighted by Crippen LogP contribution is -2.25. The number of thioether (sulfide) groups is 1. The van der Waals surface area contributed by atoms with Crippen LogP contribution < -0.4 is 5.32 Å². The number of nitrogens with zero attached hydrogens (tertiary/aromatic N) is 4. The molecule has 1 amide bonds. The molecule has 1 saturated heterocycles. The number of rotatable bonds is 6. The molecule has 1 fully saturated rings. The molecule has 0 saturated carbocycles. The highest BCUT2D eigenvalue weighted by molar-refractivity contribution is 7.99. The van der Waals surface area contributed by atoms with E-state index >= 15 is 0 Å². The number of amides is 1. The predicted molar refractivity (Wildman–Crippen MR) is 75.9 cm³/mol. The van der Waals surface area contributed by atoms with Crippen LogP contribution in [0.1, 0.15) is 36.5 Å². The summed E-state index contributed by atoms with van der Waals surface area (Å²) in [4.78, 5) is 20.1. The number of aromatic nitrogens is 5. The van der Waals surface area contributed by atoms with E-state index in [4.69, 9.17) is 9.26 Å². The second-order valence-corrected chi connectivity index (χ2v) is 5.76. The number of hydrogen-bond donors (Lipinski definition) is 2. The highest BCUT2D eigenvalue weighted by atomic mass is 32.2. The van der Waals surface area contributed by atoms with Crippen molar-refractivity contribution in [3.05, 3.63) is 17.5 Å². The van der Waals surface area contributed by atoms with E-state index in [9.17, 15) is 4.79 Å². The number of carbonyl (C=O) groups is 1. The molecule has 0 spiro atoms. The van der Waals surface area contributed by atoms with Crippen molar-refractivity contribution < 1.29 is 14.1 Å². The van der Waals surface area contributed by atoms with E-state index in [0.29, 0.717) is 16.9 Å². The molecule has 1 atom stereocenters. The molecule has 2 aromatic heterocycles. The van der Waals surface area contributed by atoms with Crippen molar-refractivity contribution >= 4 is 17.7 Å². The lowest BCUT2D eigenvalue weighted by atomic mass is 10.2. The van der Waals surface area contributed by atoms with Crippen molar-refractivity contribution in [2.75, 3.05) is 12.4 Å². The zero-order valence-corrected chi connectivity index (χ0v) is 12.9. The van der Waals surface area contributed by atoms with E-state index in [1.807, 2.05) is 0 Å². The van der Waals surface area contributed by atoms with Gasteiger partial charge in [-0.25, -0.2) is 4.98 Å². The monoisotopic (exact) mass is 324 g/mol. The van der Waals surface area contributed by atoms with Crippen LogP contribution in [0.4, 0.5) is 0 Å². The molecule has 0 aliphatic carbocycles. The van der Waals surface area contributed by atoms with Crippen molar-refractivity contribution in [1.82, 2.24) is 30.6 Å². The van der Waals surface area contributed by atoms with Gasteiger partial charge in [0.2, 0.25) is 11.1 Å². The van der Waals surface area contributed by atoms with Gasteiger partial charge < -0.3 is 14.6 Å². The van der Waals surface area contributed by atoms with Crippen LogP contribution in [-0.4, -0.2) is 43.6 Å². The SMILES string of the molecule is Cc1nc(SCC(=O)NCc2noc([C@@H]3CCCO3)n2)n[nH]1. The second-order valence-electron chi connectivity index (χ2n) is 4.82. The Kier molecular flexibility index (Phi) is 4.68. The predicted octanol–water partition coefficient (Wildman–Crippen LogP) is 0.756. The van der Waals surface area contributed by atoms with Crippen molar-refractivity contribution in [2.24, 2.45) is 0 Å². The molecule has 3 rings (SSSR count). The van der Waals surface area contributed by atoms with E-state index in [1.54, 1.807) is 6.92 Å². The lowest BCUT2D eigenvalue weighted by Gasteiger charge is -2.01. The molecule has 3 heterocycles.